The van der Waals surface area contributed by atoms with Crippen molar-refractivity contribution in [1.29, 1.82) is 0 Å². The molecule has 1 heterocycles. The standard InChI is InChI=1S/C10H15N3O/c1-4-8-5-12-9(6-11-8)13-10(14)7(2)3/h5-7H,4H2,1-3H3,(H,12,13,14). The van der Waals surface area contributed by atoms with E-state index in [-0.39, 0.29) is 11.8 Å². The number of hydrogen-bond acceptors (Lipinski definition) is 3. The van der Waals surface area contributed by atoms with Crippen LogP contribution in [0.25, 0.3) is 0 Å². The third-order valence-electron chi connectivity index (χ3n) is 1.84. The molecule has 0 fully saturated rings. The number of rotatable bonds is 3. The van der Waals surface area contributed by atoms with Crippen LogP contribution in [0.3, 0.4) is 0 Å². The monoisotopic (exact) mass is 193 g/mol. The molecule has 0 aromatic carbocycles. The summed E-state index contributed by atoms with van der Waals surface area (Å²) in [6.07, 6.45) is 4.11. The van der Waals surface area contributed by atoms with Gasteiger partial charge in [-0.05, 0) is 6.42 Å². The molecule has 76 valence electrons. The van der Waals surface area contributed by atoms with Crippen LogP contribution >= 0.6 is 0 Å². The Bertz CT molecular complexity index is 306. The molecule has 0 aliphatic heterocycles. The molecule has 4 nitrogen and oxygen atoms in total. The third-order valence-corrected chi connectivity index (χ3v) is 1.84. The SMILES string of the molecule is CCc1cnc(NC(=O)C(C)C)cn1. The van der Waals surface area contributed by atoms with E-state index < -0.39 is 0 Å². The minimum absolute atomic E-state index is 0.0384. The van der Waals surface area contributed by atoms with Gasteiger partial charge in [-0.2, -0.15) is 0 Å². The summed E-state index contributed by atoms with van der Waals surface area (Å²) in [4.78, 5) is 19.5. The van der Waals surface area contributed by atoms with Gasteiger partial charge in [0.15, 0.2) is 5.82 Å². The predicted octanol–water partition coefficient (Wildman–Crippen LogP) is 1.63. The summed E-state index contributed by atoms with van der Waals surface area (Å²) in [5.41, 5.74) is 0.924. The number of carbonyl (C=O) groups is 1. The Morgan fingerprint density at radius 3 is 2.57 bits per heavy atom. The predicted molar refractivity (Wildman–Crippen MR) is 54.9 cm³/mol. The van der Waals surface area contributed by atoms with Crippen molar-refractivity contribution in [3.05, 3.63) is 18.1 Å². The minimum atomic E-state index is -0.0392. The molecule has 0 saturated carbocycles. The second-order valence-electron chi connectivity index (χ2n) is 3.39. The van der Waals surface area contributed by atoms with Crippen molar-refractivity contribution < 1.29 is 4.79 Å². The Balaban J connectivity index is 2.64. The highest BCUT2D eigenvalue weighted by Crippen LogP contribution is 2.03. The van der Waals surface area contributed by atoms with E-state index in [9.17, 15) is 4.79 Å². The lowest BCUT2D eigenvalue weighted by molar-refractivity contribution is -0.118. The lowest BCUT2D eigenvalue weighted by atomic mass is 10.2. The van der Waals surface area contributed by atoms with Crippen LogP contribution in [0.4, 0.5) is 5.82 Å². The molecule has 1 aromatic rings. The molecule has 1 amide bonds. The van der Waals surface area contributed by atoms with E-state index in [0.717, 1.165) is 12.1 Å². The maximum atomic E-state index is 11.3. The van der Waals surface area contributed by atoms with Crippen molar-refractivity contribution in [2.75, 3.05) is 5.32 Å². The fourth-order valence-electron chi connectivity index (χ4n) is 0.872. The zero-order valence-electron chi connectivity index (χ0n) is 8.74. The fourth-order valence-corrected chi connectivity index (χ4v) is 0.872. The number of amides is 1. The molecule has 14 heavy (non-hydrogen) atoms. The topological polar surface area (TPSA) is 54.9 Å². The number of nitrogens with zero attached hydrogens (tertiary/aromatic N) is 2. The Morgan fingerprint density at radius 2 is 2.14 bits per heavy atom. The summed E-state index contributed by atoms with van der Waals surface area (Å²) in [6.45, 7) is 5.68. The maximum Gasteiger partial charge on any atom is 0.228 e. The van der Waals surface area contributed by atoms with E-state index >= 15 is 0 Å². The van der Waals surface area contributed by atoms with E-state index in [1.54, 1.807) is 12.4 Å². The number of anilines is 1. The van der Waals surface area contributed by atoms with Gasteiger partial charge < -0.3 is 5.32 Å². The van der Waals surface area contributed by atoms with Crippen LogP contribution < -0.4 is 5.32 Å². The van der Waals surface area contributed by atoms with E-state index in [0.29, 0.717) is 5.82 Å². The summed E-state index contributed by atoms with van der Waals surface area (Å²) < 4.78 is 0. The summed E-state index contributed by atoms with van der Waals surface area (Å²) in [5, 5.41) is 2.68. The molecule has 0 saturated heterocycles. The molecule has 0 aliphatic rings. The largest absolute Gasteiger partial charge is 0.309 e. The van der Waals surface area contributed by atoms with Crippen molar-refractivity contribution in [3.8, 4) is 0 Å². The molecule has 1 rings (SSSR count). The van der Waals surface area contributed by atoms with Gasteiger partial charge in [0, 0.05) is 5.92 Å². The fraction of sp³-hybridized carbons (Fsp3) is 0.500. The number of aromatic nitrogens is 2. The van der Waals surface area contributed by atoms with E-state index in [1.165, 1.54) is 0 Å². The normalized spacial score (nSPS) is 10.3. The molecule has 1 N–H and O–H groups in total. The molecule has 1 aromatic heterocycles. The van der Waals surface area contributed by atoms with Crippen LogP contribution in [0.1, 0.15) is 26.5 Å². The highest BCUT2D eigenvalue weighted by molar-refractivity contribution is 5.90. The minimum Gasteiger partial charge on any atom is -0.309 e. The van der Waals surface area contributed by atoms with Gasteiger partial charge in [0.1, 0.15) is 0 Å². The molecule has 0 unspecified atom stereocenters. The Kier molecular flexibility index (Phi) is 3.56. The molecular formula is C10H15N3O. The third kappa shape index (κ3) is 2.80. The quantitative estimate of drug-likeness (QED) is 0.793. The first-order valence-corrected chi connectivity index (χ1v) is 4.75. The van der Waals surface area contributed by atoms with Crippen LogP contribution in [0.5, 0.6) is 0 Å². The summed E-state index contributed by atoms with van der Waals surface area (Å²) in [6, 6.07) is 0. The van der Waals surface area contributed by atoms with Gasteiger partial charge in [0.25, 0.3) is 0 Å². The lowest BCUT2D eigenvalue weighted by Crippen LogP contribution is -2.18. The Labute approximate surface area is 83.8 Å². The number of aryl methyl sites for hydroxylation is 1. The van der Waals surface area contributed by atoms with Gasteiger partial charge in [-0.15, -0.1) is 0 Å². The first kappa shape index (κ1) is 10.6. The molecule has 0 spiro atoms. The van der Waals surface area contributed by atoms with Gasteiger partial charge in [-0.25, -0.2) is 4.98 Å². The van der Waals surface area contributed by atoms with Gasteiger partial charge in [0.2, 0.25) is 5.91 Å². The second kappa shape index (κ2) is 4.69. The zero-order chi connectivity index (χ0) is 10.6. The van der Waals surface area contributed by atoms with Crippen LogP contribution in [0.2, 0.25) is 0 Å². The Morgan fingerprint density at radius 1 is 1.43 bits per heavy atom. The van der Waals surface area contributed by atoms with E-state index in [4.69, 9.17) is 0 Å². The highest BCUT2D eigenvalue weighted by atomic mass is 16.1. The molecule has 0 bridgehead atoms. The van der Waals surface area contributed by atoms with Gasteiger partial charge in [-0.3, -0.25) is 9.78 Å². The molecule has 0 aliphatic carbocycles. The smallest absolute Gasteiger partial charge is 0.228 e. The van der Waals surface area contributed by atoms with E-state index in [1.807, 2.05) is 20.8 Å². The average molecular weight is 193 g/mol. The van der Waals surface area contributed by atoms with Crippen LogP contribution in [0.15, 0.2) is 12.4 Å². The van der Waals surface area contributed by atoms with Crippen molar-refractivity contribution in [1.82, 2.24) is 9.97 Å². The zero-order valence-corrected chi connectivity index (χ0v) is 8.74. The van der Waals surface area contributed by atoms with Gasteiger partial charge >= 0.3 is 0 Å². The van der Waals surface area contributed by atoms with Crippen molar-refractivity contribution in [2.24, 2.45) is 5.92 Å². The summed E-state index contributed by atoms with van der Waals surface area (Å²) >= 11 is 0. The number of nitrogens with one attached hydrogen (secondary N) is 1. The van der Waals surface area contributed by atoms with Crippen molar-refractivity contribution in [3.63, 3.8) is 0 Å². The van der Waals surface area contributed by atoms with Crippen LogP contribution in [-0.2, 0) is 11.2 Å². The lowest BCUT2D eigenvalue weighted by Gasteiger charge is -2.06. The van der Waals surface area contributed by atoms with Gasteiger partial charge in [0.05, 0.1) is 18.1 Å². The maximum absolute atomic E-state index is 11.3. The van der Waals surface area contributed by atoms with Crippen molar-refractivity contribution >= 4 is 11.7 Å². The number of hydrogen-bond donors (Lipinski definition) is 1. The first-order valence-electron chi connectivity index (χ1n) is 4.75. The molecular weight excluding hydrogens is 178 g/mol. The van der Waals surface area contributed by atoms with Crippen LogP contribution in [-0.4, -0.2) is 15.9 Å². The average Bonchev–Trinajstić information content (AvgIpc) is 2.19. The van der Waals surface area contributed by atoms with Crippen molar-refractivity contribution in [2.45, 2.75) is 27.2 Å². The molecule has 0 radical (unpaired) electrons. The molecule has 0 atom stereocenters. The number of carbonyl (C=O) groups excluding carboxylic acids is 1. The second-order valence-corrected chi connectivity index (χ2v) is 3.39. The Hall–Kier alpha value is -1.45. The van der Waals surface area contributed by atoms with E-state index in [2.05, 4.69) is 15.3 Å². The summed E-state index contributed by atoms with van der Waals surface area (Å²) in [7, 11) is 0. The van der Waals surface area contributed by atoms with Gasteiger partial charge in [-0.1, -0.05) is 20.8 Å². The van der Waals surface area contributed by atoms with Crippen LogP contribution in [0, 0.1) is 5.92 Å². The molecule has 4 heteroatoms. The first-order chi connectivity index (χ1) is 6.63. The summed E-state index contributed by atoms with van der Waals surface area (Å²) in [5.74, 6) is 0.437. The highest BCUT2D eigenvalue weighted by Gasteiger charge is 2.07.